The SMILES string of the molecule is Cc1ccc(C(=O)N2CCCC(C(=O)CCc3ccccc3)C2)c(=O)n1C. The molecule has 0 N–H and O–H groups in total. The highest BCUT2D eigenvalue weighted by atomic mass is 16.2. The molecule has 3 rings (SSSR count). The lowest BCUT2D eigenvalue weighted by molar-refractivity contribution is -0.124. The van der Waals surface area contributed by atoms with E-state index >= 15 is 0 Å². The van der Waals surface area contributed by atoms with Gasteiger partial charge in [0.2, 0.25) is 0 Å². The van der Waals surface area contributed by atoms with Crippen molar-refractivity contribution in [2.45, 2.75) is 32.6 Å². The maximum atomic E-state index is 12.8. The van der Waals surface area contributed by atoms with Gasteiger partial charge in [-0.15, -0.1) is 0 Å². The van der Waals surface area contributed by atoms with E-state index in [1.807, 2.05) is 37.3 Å². The maximum Gasteiger partial charge on any atom is 0.263 e. The minimum Gasteiger partial charge on any atom is -0.338 e. The summed E-state index contributed by atoms with van der Waals surface area (Å²) >= 11 is 0. The third kappa shape index (κ3) is 4.35. The number of aromatic nitrogens is 1. The zero-order chi connectivity index (χ0) is 19.4. The van der Waals surface area contributed by atoms with Gasteiger partial charge < -0.3 is 9.47 Å². The second-order valence-electron chi connectivity index (χ2n) is 7.29. The fraction of sp³-hybridized carbons (Fsp3) is 0.409. The second kappa shape index (κ2) is 8.33. The minimum absolute atomic E-state index is 0.138. The van der Waals surface area contributed by atoms with Crippen LogP contribution >= 0.6 is 0 Å². The molecule has 1 aliphatic rings. The van der Waals surface area contributed by atoms with Crippen LogP contribution in [0, 0.1) is 12.8 Å². The maximum absolute atomic E-state index is 12.8. The van der Waals surface area contributed by atoms with Crippen LogP contribution in [0.2, 0.25) is 0 Å². The van der Waals surface area contributed by atoms with Crippen LogP contribution in [0.3, 0.4) is 0 Å². The normalized spacial score (nSPS) is 17.0. The summed E-state index contributed by atoms with van der Waals surface area (Å²) in [6.07, 6.45) is 2.81. The number of likely N-dealkylation sites (tertiary alicyclic amines) is 1. The van der Waals surface area contributed by atoms with Gasteiger partial charge in [0.1, 0.15) is 11.3 Å². The lowest BCUT2D eigenvalue weighted by atomic mass is 9.90. The number of carbonyl (C=O) groups is 2. The van der Waals surface area contributed by atoms with Gasteiger partial charge in [-0.25, -0.2) is 0 Å². The summed E-state index contributed by atoms with van der Waals surface area (Å²) < 4.78 is 1.49. The van der Waals surface area contributed by atoms with Gasteiger partial charge in [0.05, 0.1) is 0 Å². The van der Waals surface area contributed by atoms with E-state index in [1.165, 1.54) is 4.57 Å². The Balaban J connectivity index is 1.65. The monoisotopic (exact) mass is 366 g/mol. The molecule has 1 amide bonds. The smallest absolute Gasteiger partial charge is 0.263 e. The summed E-state index contributed by atoms with van der Waals surface area (Å²) in [6, 6.07) is 13.3. The van der Waals surface area contributed by atoms with E-state index in [4.69, 9.17) is 0 Å². The molecular formula is C22H26N2O3. The predicted molar refractivity (Wildman–Crippen MR) is 105 cm³/mol. The van der Waals surface area contributed by atoms with Crippen LogP contribution in [0.15, 0.2) is 47.3 Å². The van der Waals surface area contributed by atoms with Crippen LogP contribution in [-0.2, 0) is 18.3 Å². The van der Waals surface area contributed by atoms with Crippen molar-refractivity contribution in [1.82, 2.24) is 9.47 Å². The summed E-state index contributed by atoms with van der Waals surface area (Å²) in [5, 5.41) is 0. The first-order chi connectivity index (χ1) is 13.0. The molecule has 1 fully saturated rings. The van der Waals surface area contributed by atoms with Gasteiger partial charge in [-0.2, -0.15) is 0 Å². The number of piperidine rings is 1. The number of hydrogen-bond donors (Lipinski definition) is 0. The van der Waals surface area contributed by atoms with E-state index < -0.39 is 0 Å². The van der Waals surface area contributed by atoms with Crippen molar-refractivity contribution in [3.63, 3.8) is 0 Å². The van der Waals surface area contributed by atoms with Gasteiger partial charge in [0.15, 0.2) is 0 Å². The zero-order valence-electron chi connectivity index (χ0n) is 16.0. The molecule has 0 saturated carbocycles. The van der Waals surface area contributed by atoms with Crippen molar-refractivity contribution in [3.05, 3.63) is 69.6 Å². The number of hydrogen-bond acceptors (Lipinski definition) is 3. The van der Waals surface area contributed by atoms with Crippen molar-refractivity contribution in [3.8, 4) is 0 Å². The molecule has 1 aromatic heterocycles. The number of aryl methyl sites for hydroxylation is 2. The number of benzene rings is 1. The van der Waals surface area contributed by atoms with Gasteiger partial charge >= 0.3 is 0 Å². The lowest BCUT2D eigenvalue weighted by Crippen LogP contribution is -2.44. The number of Topliss-reactive ketones (excluding diaryl/α,β-unsaturated/α-hetero) is 1. The van der Waals surface area contributed by atoms with Gasteiger partial charge in [-0.05, 0) is 43.9 Å². The van der Waals surface area contributed by atoms with Crippen molar-refractivity contribution < 1.29 is 9.59 Å². The molecule has 27 heavy (non-hydrogen) atoms. The van der Waals surface area contributed by atoms with Gasteiger partial charge in [-0.1, -0.05) is 30.3 Å². The molecule has 1 atom stereocenters. The first-order valence-electron chi connectivity index (χ1n) is 9.50. The minimum atomic E-state index is -0.280. The Morgan fingerprint density at radius 1 is 1.11 bits per heavy atom. The number of rotatable bonds is 5. The Morgan fingerprint density at radius 2 is 1.85 bits per heavy atom. The van der Waals surface area contributed by atoms with Crippen LogP contribution in [0.1, 0.15) is 40.9 Å². The highest BCUT2D eigenvalue weighted by Gasteiger charge is 2.29. The van der Waals surface area contributed by atoms with Crippen LogP contribution < -0.4 is 5.56 Å². The van der Waals surface area contributed by atoms with Gasteiger partial charge in [-0.3, -0.25) is 14.4 Å². The highest BCUT2D eigenvalue weighted by molar-refractivity contribution is 5.94. The molecule has 5 nitrogen and oxygen atoms in total. The number of carbonyl (C=O) groups excluding carboxylic acids is 2. The number of nitrogens with zero attached hydrogens (tertiary/aromatic N) is 2. The Bertz CT molecular complexity index is 886. The van der Waals surface area contributed by atoms with Crippen LogP contribution in [0.5, 0.6) is 0 Å². The van der Waals surface area contributed by atoms with Crippen LogP contribution in [0.25, 0.3) is 0 Å². The van der Waals surface area contributed by atoms with Gasteiger partial charge in [0, 0.05) is 38.2 Å². The largest absolute Gasteiger partial charge is 0.338 e. The molecule has 1 saturated heterocycles. The summed E-state index contributed by atoms with van der Waals surface area (Å²) in [5.74, 6) is -0.204. The van der Waals surface area contributed by atoms with Crippen molar-refractivity contribution in [2.75, 3.05) is 13.1 Å². The lowest BCUT2D eigenvalue weighted by Gasteiger charge is -2.32. The molecule has 0 bridgehead atoms. The van der Waals surface area contributed by atoms with Crippen molar-refractivity contribution in [2.24, 2.45) is 13.0 Å². The standard InChI is InChI=1S/C22H26N2O3/c1-16-10-12-19(21(26)23(16)2)22(27)24-14-6-9-18(15-24)20(25)13-11-17-7-4-3-5-8-17/h3-5,7-8,10,12,18H,6,9,11,13-15H2,1-2H3. The van der Waals surface area contributed by atoms with E-state index in [1.54, 1.807) is 24.1 Å². The van der Waals surface area contributed by atoms with E-state index in [0.29, 0.717) is 19.5 Å². The molecule has 1 aromatic carbocycles. The molecule has 0 aliphatic carbocycles. The Hall–Kier alpha value is -2.69. The summed E-state index contributed by atoms with van der Waals surface area (Å²) in [6.45, 7) is 2.83. The van der Waals surface area contributed by atoms with Crippen molar-refractivity contribution in [1.29, 1.82) is 0 Å². The Labute approximate surface area is 159 Å². The molecule has 2 heterocycles. The highest BCUT2D eigenvalue weighted by Crippen LogP contribution is 2.21. The quantitative estimate of drug-likeness (QED) is 0.817. The molecule has 1 aliphatic heterocycles. The predicted octanol–water partition coefficient (Wildman–Crippen LogP) is 2.75. The number of pyridine rings is 1. The Kier molecular flexibility index (Phi) is 5.89. The van der Waals surface area contributed by atoms with Crippen LogP contribution in [0.4, 0.5) is 0 Å². The van der Waals surface area contributed by atoms with Crippen molar-refractivity contribution >= 4 is 11.7 Å². The number of amides is 1. The van der Waals surface area contributed by atoms with E-state index in [2.05, 4.69) is 0 Å². The second-order valence-corrected chi connectivity index (χ2v) is 7.29. The van der Waals surface area contributed by atoms with Crippen LogP contribution in [-0.4, -0.2) is 34.2 Å². The fourth-order valence-corrected chi connectivity index (χ4v) is 3.60. The summed E-state index contributed by atoms with van der Waals surface area (Å²) in [7, 11) is 1.67. The average Bonchev–Trinajstić information content (AvgIpc) is 2.71. The molecule has 5 heteroatoms. The topological polar surface area (TPSA) is 59.4 Å². The summed E-state index contributed by atoms with van der Waals surface area (Å²) in [4.78, 5) is 39.5. The summed E-state index contributed by atoms with van der Waals surface area (Å²) in [5.41, 5.74) is 1.86. The molecular weight excluding hydrogens is 340 g/mol. The third-order valence-electron chi connectivity index (χ3n) is 5.45. The fourth-order valence-electron chi connectivity index (χ4n) is 3.60. The molecule has 0 radical (unpaired) electrons. The third-order valence-corrected chi connectivity index (χ3v) is 5.45. The first-order valence-corrected chi connectivity index (χ1v) is 9.50. The average molecular weight is 366 g/mol. The van der Waals surface area contributed by atoms with Gasteiger partial charge in [0.25, 0.3) is 11.5 Å². The molecule has 2 aromatic rings. The van der Waals surface area contributed by atoms with E-state index in [-0.39, 0.29) is 28.7 Å². The number of ketones is 1. The Morgan fingerprint density at radius 3 is 2.59 bits per heavy atom. The zero-order valence-corrected chi connectivity index (χ0v) is 16.0. The first kappa shape index (κ1) is 19.1. The molecule has 1 unspecified atom stereocenters. The van der Waals surface area contributed by atoms with E-state index in [9.17, 15) is 14.4 Å². The molecule has 0 spiro atoms. The molecule has 142 valence electrons. The van der Waals surface area contributed by atoms with E-state index in [0.717, 1.165) is 30.5 Å².